The van der Waals surface area contributed by atoms with Crippen LogP contribution < -0.4 is 5.32 Å². The van der Waals surface area contributed by atoms with Crippen LogP contribution in [0.2, 0.25) is 25.7 Å². The van der Waals surface area contributed by atoms with E-state index in [0.29, 0.717) is 0 Å². The molecule has 0 aliphatic heterocycles. The second kappa shape index (κ2) is 6.93. The third kappa shape index (κ3) is 9.52. The zero-order chi connectivity index (χ0) is 15.3. The first-order chi connectivity index (χ1) is 8.44. The largest absolute Gasteiger partial charge is 0.469 e. The van der Waals surface area contributed by atoms with E-state index in [2.05, 4.69) is 25.0 Å². The van der Waals surface area contributed by atoms with E-state index in [0.717, 1.165) is 6.04 Å². The highest BCUT2D eigenvalue weighted by Crippen LogP contribution is 2.18. The molecule has 0 rings (SSSR count). The minimum Gasteiger partial charge on any atom is -0.469 e. The fourth-order valence-corrected chi connectivity index (χ4v) is 3.45. The summed E-state index contributed by atoms with van der Waals surface area (Å²) in [6.07, 6.45) is -0.503. The van der Waals surface area contributed by atoms with Gasteiger partial charge in [-0.05, 0) is 26.8 Å². The molecule has 0 saturated heterocycles. The van der Waals surface area contributed by atoms with Crippen LogP contribution in [0.1, 0.15) is 20.8 Å². The van der Waals surface area contributed by atoms with Gasteiger partial charge in [-0.1, -0.05) is 19.6 Å². The van der Waals surface area contributed by atoms with Crippen LogP contribution in [-0.2, 0) is 14.3 Å². The Balaban J connectivity index is 4.43. The topological polar surface area (TPSA) is 64.6 Å². The average Bonchev–Trinajstić information content (AvgIpc) is 2.19. The number of rotatable bonds is 5. The fourth-order valence-electron chi connectivity index (χ4n) is 1.67. The first kappa shape index (κ1) is 18.0. The highest BCUT2D eigenvalue weighted by Gasteiger charge is 2.27. The molecule has 6 heteroatoms. The Bertz CT molecular complexity index is 318. The summed E-state index contributed by atoms with van der Waals surface area (Å²) in [5.41, 5.74) is -0.538. The highest BCUT2D eigenvalue weighted by atomic mass is 28.3. The molecule has 0 aliphatic rings. The Morgan fingerprint density at radius 3 is 2.11 bits per heavy atom. The predicted molar refractivity (Wildman–Crippen MR) is 77.9 cm³/mol. The van der Waals surface area contributed by atoms with Crippen LogP contribution in [0.5, 0.6) is 0 Å². The SMILES string of the molecule is COC(=O)C(CNC(=O)OC(C)(C)C)C[Si](C)(C)C. The van der Waals surface area contributed by atoms with E-state index in [9.17, 15) is 9.59 Å². The molecule has 0 heterocycles. The van der Waals surface area contributed by atoms with E-state index in [1.165, 1.54) is 7.11 Å². The lowest BCUT2D eigenvalue weighted by Gasteiger charge is -2.24. The summed E-state index contributed by atoms with van der Waals surface area (Å²) in [7, 11) is -0.0430. The maximum Gasteiger partial charge on any atom is 0.407 e. The molecule has 1 N–H and O–H groups in total. The van der Waals surface area contributed by atoms with Crippen molar-refractivity contribution in [3.8, 4) is 0 Å². The number of esters is 1. The van der Waals surface area contributed by atoms with Crippen LogP contribution in [0.4, 0.5) is 4.79 Å². The molecule has 0 aromatic carbocycles. The van der Waals surface area contributed by atoms with E-state index in [1.54, 1.807) is 20.8 Å². The van der Waals surface area contributed by atoms with Crippen molar-refractivity contribution >= 4 is 20.1 Å². The summed E-state index contributed by atoms with van der Waals surface area (Å²) in [5, 5.41) is 2.64. The first-order valence-electron chi connectivity index (χ1n) is 6.49. The van der Waals surface area contributed by atoms with Gasteiger partial charge in [0.2, 0.25) is 0 Å². The molecular formula is C13H27NO4Si. The fraction of sp³-hybridized carbons (Fsp3) is 0.846. The Morgan fingerprint density at radius 1 is 1.21 bits per heavy atom. The maximum atomic E-state index is 11.7. The monoisotopic (exact) mass is 289 g/mol. The van der Waals surface area contributed by atoms with Crippen LogP contribution in [-0.4, -0.2) is 39.4 Å². The van der Waals surface area contributed by atoms with Crippen molar-refractivity contribution in [3.63, 3.8) is 0 Å². The third-order valence-corrected chi connectivity index (χ3v) is 4.00. The van der Waals surface area contributed by atoms with Crippen LogP contribution in [0.25, 0.3) is 0 Å². The molecule has 112 valence electrons. The minimum absolute atomic E-state index is 0.256. The van der Waals surface area contributed by atoms with E-state index in [1.807, 2.05) is 0 Å². The lowest BCUT2D eigenvalue weighted by atomic mass is 10.2. The number of alkyl carbamates (subject to hydrolysis) is 1. The molecule has 1 amide bonds. The summed E-state index contributed by atoms with van der Waals surface area (Å²) in [4.78, 5) is 23.3. The van der Waals surface area contributed by atoms with Gasteiger partial charge in [0.15, 0.2) is 0 Å². The molecule has 0 fully saturated rings. The normalized spacial score (nSPS) is 13.6. The van der Waals surface area contributed by atoms with Crippen LogP contribution in [0, 0.1) is 5.92 Å². The second-order valence-corrected chi connectivity index (χ2v) is 12.4. The molecule has 0 aliphatic carbocycles. The van der Waals surface area contributed by atoms with Crippen molar-refractivity contribution in [3.05, 3.63) is 0 Å². The highest BCUT2D eigenvalue weighted by molar-refractivity contribution is 6.76. The quantitative estimate of drug-likeness (QED) is 0.624. The van der Waals surface area contributed by atoms with E-state index in [-0.39, 0.29) is 18.4 Å². The molecule has 0 aromatic rings. The first-order valence-corrected chi connectivity index (χ1v) is 10.2. The molecule has 1 unspecified atom stereocenters. The summed E-state index contributed by atoms with van der Waals surface area (Å²) >= 11 is 0. The number of nitrogens with one attached hydrogen (secondary N) is 1. The molecular weight excluding hydrogens is 262 g/mol. The number of hydrogen-bond donors (Lipinski definition) is 1. The average molecular weight is 289 g/mol. The van der Waals surface area contributed by atoms with Gasteiger partial charge in [-0.25, -0.2) is 4.79 Å². The number of amides is 1. The lowest BCUT2D eigenvalue weighted by Crippen LogP contribution is -2.40. The van der Waals surface area contributed by atoms with Crippen LogP contribution in [0.15, 0.2) is 0 Å². The van der Waals surface area contributed by atoms with Gasteiger partial charge in [0, 0.05) is 14.6 Å². The summed E-state index contributed by atoms with van der Waals surface area (Å²) in [6, 6.07) is 0.773. The number of hydrogen-bond acceptors (Lipinski definition) is 4. The van der Waals surface area contributed by atoms with Gasteiger partial charge in [0.1, 0.15) is 5.60 Å². The zero-order valence-electron chi connectivity index (χ0n) is 13.1. The number of ether oxygens (including phenoxy) is 2. The van der Waals surface area contributed by atoms with Crippen LogP contribution >= 0.6 is 0 Å². The van der Waals surface area contributed by atoms with Gasteiger partial charge in [0.05, 0.1) is 13.0 Å². The number of carbonyl (C=O) groups is 2. The molecule has 5 nitrogen and oxygen atoms in total. The predicted octanol–water partition coefficient (Wildman–Crippen LogP) is 2.64. The van der Waals surface area contributed by atoms with Gasteiger partial charge in [-0.15, -0.1) is 0 Å². The van der Waals surface area contributed by atoms with Crippen LogP contribution in [0.3, 0.4) is 0 Å². The Labute approximate surface area is 117 Å². The molecule has 0 bridgehead atoms. The van der Waals surface area contributed by atoms with Crippen molar-refractivity contribution in [2.75, 3.05) is 13.7 Å². The van der Waals surface area contributed by atoms with Crippen molar-refractivity contribution in [2.45, 2.75) is 52.1 Å². The number of carbonyl (C=O) groups excluding carboxylic acids is 2. The van der Waals surface area contributed by atoms with Gasteiger partial charge in [0.25, 0.3) is 0 Å². The summed E-state index contributed by atoms with van der Waals surface area (Å²) in [5.74, 6) is -0.581. The Kier molecular flexibility index (Phi) is 6.55. The van der Waals surface area contributed by atoms with Gasteiger partial charge in [-0.2, -0.15) is 0 Å². The minimum atomic E-state index is -1.41. The molecule has 0 radical (unpaired) electrons. The summed E-state index contributed by atoms with van der Waals surface area (Å²) in [6.45, 7) is 12.2. The maximum absolute atomic E-state index is 11.7. The van der Waals surface area contributed by atoms with E-state index >= 15 is 0 Å². The zero-order valence-corrected chi connectivity index (χ0v) is 14.1. The molecule has 0 aromatic heterocycles. The Hall–Kier alpha value is -1.04. The molecule has 0 saturated carbocycles. The molecule has 1 atom stereocenters. The molecule has 19 heavy (non-hydrogen) atoms. The second-order valence-electron chi connectivity index (χ2n) is 6.87. The number of methoxy groups -OCH3 is 1. The van der Waals surface area contributed by atoms with E-state index < -0.39 is 19.8 Å². The lowest BCUT2D eigenvalue weighted by molar-refractivity contribution is -0.144. The standard InChI is InChI=1S/C13H27NO4Si/c1-13(2,3)18-12(16)14-8-10(11(15)17-4)9-19(5,6)7/h10H,8-9H2,1-7H3,(H,14,16). The Morgan fingerprint density at radius 2 is 1.74 bits per heavy atom. The third-order valence-electron chi connectivity index (χ3n) is 2.28. The van der Waals surface area contributed by atoms with Crippen molar-refractivity contribution < 1.29 is 19.1 Å². The van der Waals surface area contributed by atoms with Gasteiger partial charge >= 0.3 is 12.1 Å². The van der Waals surface area contributed by atoms with Crippen molar-refractivity contribution in [1.82, 2.24) is 5.32 Å². The van der Waals surface area contributed by atoms with Crippen molar-refractivity contribution in [2.24, 2.45) is 5.92 Å². The van der Waals surface area contributed by atoms with Gasteiger partial charge < -0.3 is 14.8 Å². The molecule has 0 spiro atoms. The summed E-state index contributed by atoms with van der Waals surface area (Å²) < 4.78 is 9.92. The smallest absolute Gasteiger partial charge is 0.407 e. The van der Waals surface area contributed by atoms with E-state index in [4.69, 9.17) is 9.47 Å². The van der Waals surface area contributed by atoms with Gasteiger partial charge in [-0.3, -0.25) is 4.79 Å². The van der Waals surface area contributed by atoms with Crippen molar-refractivity contribution in [1.29, 1.82) is 0 Å².